The molecule has 6 heteroatoms. The van der Waals surface area contributed by atoms with Gasteiger partial charge in [-0.2, -0.15) is 0 Å². The number of hydrogen-bond donors (Lipinski definition) is 1. The van der Waals surface area contributed by atoms with Crippen LogP contribution in [0.2, 0.25) is 0 Å². The summed E-state index contributed by atoms with van der Waals surface area (Å²) in [5.74, 6) is 0.170. The number of carbonyl (C=O) groups excluding carboxylic acids is 2. The van der Waals surface area contributed by atoms with Gasteiger partial charge in [-0.15, -0.1) is 0 Å². The number of rotatable bonds is 6. The number of anilines is 1. The molecule has 1 aliphatic rings. The van der Waals surface area contributed by atoms with Gasteiger partial charge in [0.15, 0.2) is 0 Å². The molecule has 144 valence electrons. The van der Waals surface area contributed by atoms with Crippen molar-refractivity contribution < 1.29 is 23.8 Å². The van der Waals surface area contributed by atoms with E-state index in [4.69, 9.17) is 14.2 Å². The van der Waals surface area contributed by atoms with Crippen LogP contribution in [0, 0.1) is 5.92 Å². The van der Waals surface area contributed by atoms with Gasteiger partial charge >= 0.3 is 5.97 Å². The quantitative estimate of drug-likeness (QED) is 0.778. The number of carbonyl (C=O) groups is 2. The Bertz CT molecular complexity index is 658. The number of esters is 1. The molecule has 1 aromatic rings. The van der Waals surface area contributed by atoms with E-state index in [1.807, 2.05) is 13.8 Å². The van der Waals surface area contributed by atoms with Crippen molar-refractivity contribution in [1.29, 1.82) is 0 Å². The average Bonchev–Trinajstić information content (AvgIpc) is 2.61. The SMILES string of the molecule is COC(=O)c1cc(NC(=O)C2(OC)CCCC(C)C2)ccc1OC(C)C. The summed E-state index contributed by atoms with van der Waals surface area (Å²) in [6.07, 6.45) is 3.36. The number of nitrogens with one attached hydrogen (secondary N) is 1. The molecule has 26 heavy (non-hydrogen) atoms. The first-order valence-electron chi connectivity index (χ1n) is 9.07. The molecule has 0 spiro atoms. The molecule has 1 aromatic carbocycles. The number of benzene rings is 1. The van der Waals surface area contributed by atoms with Crippen molar-refractivity contribution in [2.75, 3.05) is 19.5 Å². The Kier molecular flexibility index (Phi) is 6.64. The number of methoxy groups -OCH3 is 2. The van der Waals surface area contributed by atoms with Crippen LogP contribution in [0.4, 0.5) is 5.69 Å². The van der Waals surface area contributed by atoms with Gasteiger partial charge < -0.3 is 19.5 Å². The van der Waals surface area contributed by atoms with Crippen LogP contribution in [0.25, 0.3) is 0 Å². The lowest BCUT2D eigenvalue weighted by Crippen LogP contribution is -2.47. The van der Waals surface area contributed by atoms with Gasteiger partial charge in [-0.3, -0.25) is 4.79 Å². The van der Waals surface area contributed by atoms with Crippen LogP contribution < -0.4 is 10.1 Å². The molecule has 0 heterocycles. The Morgan fingerprint density at radius 1 is 1.27 bits per heavy atom. The molecule has 0 bridgehead atoms. The summed E-state index contributed by atoms with van der Waals surface area (Å²) in [7, 11) is 2.90. The molecule has 2 unspecified atom stereocenters. The highest BCUT2D eigenvalue weighted by Gasteiger charge is 2.42. The molecule has 0 radical (unpaired) electrons. The van der Waals surface area contributed by atoms with Crippen LogP contribution in [0.5, 0.6) is 5.75 Å². The van der Waals surface area contributed by atoms with Crippen molar-refractivity contribution in [2.24, 2.45) is 5.92 Å². The van der Waals surface area contributed by atoms with Crippen molar-refractivity contribution in [3.63, 3.8) is 0 Å². The molecule has 1 fully saturated rings. The third-order valence-corrected chi connectivity index (χ3v) is 4.77. The Labute approximate surface area is 155 Å². The normalized spacial score (nSPS) is 22.8. The summed E-state index contributed by atoms with van der Waals surface area (Å²) >= 11 is 0. The lowest BCUT2D eigenvalue weighted by Gasteiger charge is -2.37. The van der Waals surface area contributed by atoms with Crippen LogP contribution in [0.15, 0.2) is 18.2 Å². The van der Waals surface area contributed by atoms with Gasteiger partial charge in [0.25, 0.3) is 5.91 Å². The second-order valence-electron chi connectivity index (χ2n) is 7.22. The molecular weight excluding hydrogens is 334 g/mol. The molecule has 0 aliphatic heterocycles. The van der Waals surface area contributed by atoms with E-state index in [2.05, 4.69) is 12.2 Å². The van der Waals surface area contributed by atoms with Gasteiger partial charge in [-0.1, -0.05) is 13.3 Å². The fourth-order valence-electron chi connectivity index (χ4n) is 3.47. The number of hydrogen-bond acceptors (Lipinski definition) is 5. The molecule has 0 saturated heterocycles. The van der Waals surface area contributed by atoms with Crippen LogP contribution in [-0.4, -0.2) is 37.8 Å². The molecule has 6 nitrogen and oxygen atoms in total. The predicted molar refractivity (Wildman–Crippen MR) is 99.5 cm³/mol. The van der Waals surface area contributed by atoms with Gasteiger partial charge in [-0.25, -0.2) is 4.79 Å². The van der Waals surface area contributed by atoms with E-state index in [0.717, 1.165) is 12.8 Å². The summed E-state index contributed by atoms with van der Waals surface area (Å²) in [5.41, 5.74) is -0.0282. The lowest BCUT2D eigenvalue weighted by molar-refractivity contribution is -0.143. The maximum Gasteiger partial charge on any atom is 0.341 e. The highest BCUT2D eigenvalue weighted by molar-refractivity contribution is 5.99. The van der Waals surface area contributed by atoms with Crippen molar-refractivity contribution in [3.8, 4) is 5.75 Å². The molecule has 2 rings (SSSR count). The minimum Gasteiger partial charge on any atom is -0.490 e. The van der Waals surface area contributed by atoms with Crippen molar-refractivity contribution >= 4 is 17.6 Å². The average molecular weight is 363 g/mol. The first-order chi connectivity index (χ1) is 12.3. The Balaban J connectivity index is 2.25. The standard InChI is InChI=1S/C20H29NO5/c1-13(2)26-17-9-8-15(11-16(17)18(22)24-4)21-19(23)20(25-5)10-6-7-14(3)12-20/h8-9,11,13-14H,6-7,10,12H2,1-5H3,(H,21,23). The Morgan fingerprint density at radius 2 is 2.00 bits per heavy atom. The Morgan fingerprint density at radius 3 is 2.58 bits per heavy atom. The second kappa shape index (κ2) is 8.54. The summed E-state index contributed by atoms with van der Waals surface area (Å²) in [5, 5.41) is 2.90. The summed E-state index contributed by atoms with van der Waals surface area (Å²) in [6, 6.07) is 4.97. The van der Waals surface area contributed by atoms with E-state index in [-0.39, 0.29) is 17.6 Å². The zero-order valence-electron chi connectivity index (χ0n) is 16.3. The van der Waals surface area contributed by atoms with E-state index in [0.29, 0.717) is 30.2 Å². The van der Waals surface area contributed by atoms with Crippen LogP contribution >= 0.6 is 0 Å². The third kappa shape index (κ3) is 4.55. The topological polar surface area (TPSA) is 73.9 Å². The number of amides is 1. The summed E-state index contributed by atoms with van der Waals surface area (Å²) in [6.45, 7) is 5.89. The van der Waals surface area contributed by atoms with Crippen LogP contribution in [-0.2, 0) is 14.3 Å². The zero-order chi connectivity index (χ0) is 19.3. The second-order valence-corrected chi connectivity index (χ2v) is 7.22. The first-order valence-corrected chi connectivity index (χ1v) is 9.07. The number of ether oxygens (including phenoxy) is 3. The van der Waals surface area contributed by atoms with E-state index < -0.39 is 11.6 Å². The highest BCUT2D eigenvalue weighted by atomic mass is 16.5. The van der Waals surface area contributed by atoms with Crippen LogP contribution in [0.3, 0.4) is 0 Å². The zero-order valence-corrected chi connectivity index (χ0v) is 16.3. The smallest absolute Gasteiger partial charge is 0.341 e. The molecule has 1 aliphatic carbocycles. The lowest BCUT2D eigenvalue weighted by atomic mass is 9.78. The van der Waals surface area contributed by atoms with Gasteiger partial charge in [-0.05, 0) is 57.2 Å². The Hall–Kier alpha value is -2.08. The third-order valence-electron chi connectivity index (χ3n) is 4.77. The molecule has 1 saturated carbocycles. The van der Waals surface area contributed by atoms with E-state index >= 15 is 0 Å². The van der Waals surface area contributed by atoms with Crippen LogP contribution in [0.1, 0.15) is 56.8 Å². The summed E-state index contributed by atoms with van der Waals surface area (Å²) in [4.78, 5) is 25.0. The van der Waals surface area contributed by atoms with Gasteiger partial charge in [0.2, 0.25) is 0 Å². The van der Waals surface area contributed by atoms with E-state index in [1.165, 1.54) is 7.11 Å². The summed E-state index contributed by atoms with van der Waals surface area (Å²) < 4.78 is 16.1. The molecule has 1 amide bonds. The van der Waals surface area contributed by atoms with Crippen molar-refractivity contribution in [3.05, 3.63) is 23.8 Å². The maximum atomic E-state index is 12.9. The largest absolute Gasteiger partial charge is 0.490 e. The monoisotopic (exact) mass is 363 g/mol. The maximum absolute atomic E-state index is 12.9. The molecule has 2 atom stereocenters. The van der Waals surface area contributed by atoms with Crippen molar-refractivity contribution in [1.82, 2.24) is 0 Å². The van der Waals surface area contributed by atoms with E-state index in [9.17, 15) is 9.59 Å². The fourth-order valence-corrected chi connectivity index (χ4v) is 3.47. The van der Waals surface area contributed by atoms with Gasteiger partial charge in [0.1, 0.15) is 16.9 Å². The minimum atomic E-state index is -0.823. The molecular formula is C20H29NO5. The molecule has 0 aromatic heterocycles. The minimum absolute atomic E-state index is 0.0839. The molecule has 1 N–H and O–H groups in total. The fraction of sp³-hybridized carbons (Fsp3) is 0.600. The highest BCUT2D eigenvalue weighted by Crippen LogP contribution is 2.36. The van der Waals surface area contributed by atoms with E-state index in [1.54, 1.807) is 25.3 Å². The predicted octanol–water partition coefficient (Wildman–Crippen LogP) is 3.79. The van der Waals surface area contributed by atoms with Gasteiger partial charge in [0.05, 0.1) is 13.2 Å². The van der Waals surface area contributed by atoms with Crippen molar-refractivity contribution in [2.45, 2.75) is 58.2 Å². The first kappa shape index (κ1) is 20.2. The van der Waals surface area contributed by atoms with Gasteiger partial charge in [0, 0.05) is 12.8 Å².